The first kappa shape index (κ1) is 18.4. The van der Waals surface area contributed by atoms with Gasteiger partial charge < -0.3 is 4.74 Å². The summed E-state index contributed by atoms with van der Waals surface area (Å²) in [5, 5.41) is 0. The molecule has 0 unspecified atom stereocenters. The number of carbonyl (C=O) groups excluding carboxylic acids is 1. The molecule has 3 aromatic carbocycles. The first-order chi connectivity index (χ1) is 13.1. The van der Waals surface area contributed by atoms with Crippen LogP contribution < -0.4 is 4.74 Å². The molecule has 0 heterocycles. The van der Waals surface area contributed by atoms with Gasteiger partial charge in [-0.05, 0) is 41.8 Å². The molecule has 0 aliphatic rings. The van der Waals surface area contributed by atoms with Crippen LogP contribution in [0.1, 0.15) is 34.0 Å². The lowest BCUT2D eigenvalue weighted by Gasteiger charge is -2.07. The van der Waals surface area contributed by atoms with Crippen molar-refractivity contribution in [1.29, 1.82) is 0 Å². The number of allylic oxidation sites excluding steroid dienone is 2. The van der Waals surface area contributed by atoms with Crippen LogP contribution in [0.5, 0.6) is 5.75 Å². The van der Waals surface area contributed by atoms with Gasteiger partial charge in [-0.3, -0.25) is 4.79 Å². The first-order valence-corrected chi connectivity index (χ1v) is 8.87. The van der Waals surface area contributed by atoms with Gasteiger partial charge in [0.2, 0.25) is 0 Å². The van der Waals surface area contributed by atoms with E-state index in [1.54, 1.807) is 6.08 Å². The molecule has 0 atom stereocenters. The molecule has 0 saturated heterocycles. The maximum atomic E-state index is 12.1. The summed E-state index contributed by atoms with van der Waals surface area (Å²) in [6, 6.07) is 25.2. The van der Waals surface area contributed by atoms with Crippen LogP contribution in [0.4, 0.5) is 0 Å². The van der Waals surface area contributed by atoms with Gasteiger partial charge in [0.15, 0.2) is 5.78 Å². The first-order valence-electron chi connectivity index (χ1n) is 8.87. The third-order valence-corrected chi connectivity index (χ3v) is 4.22. The van der Waals surface area contributed by atoms with Crippen molar-refractivity contribution in [3.8, 4) is 5.75 Å². The van der Waals surface area contributed by atoms with Crippen molar-refractivity contribution in [2.24, 2.45) is 0 Å². The minimum absolute atomic E-state index is 0.00543. The SMILES string of the molecule is C=C(C)c1ccc(COc2ccc(C=CC(=O)c3ccccc3)cc2)cc1. The van der Waals surface area contributed by atoms with E-state index < -0.39 is 0 Å². The predicted octanol–water partition coefficient (Wildman–Crippen LogP) is 6.19. The summed E-state index contributed by atoms with van der Waals surface area (Å²) in [4.78, 5) is 12.1. The number of benzene rings is 3. The van der Waals surface area contributed by atoms with Gasteiger partial charge in [-0.1, -0.05) is 85.0 Å². The van der Waals surface area contributed by atoms with Crippen LogP contribution in [0.2, 0.25) is 0 Å². The van der Waals surface area contributed by atoms with E-state index in [9.17, 15) is 4.79 Å². The molecule has 0 aliphatic heterocycles. The normalized spacial score (nSPS) is 10.7. The highest BCUT2D eigenvalue weighted by atomic mass is 16.5. The van der Waals surface area contributed by atoms with E-state index in [4.69, 9.17) is 4.74 Å². The van der Waals surface area contributed by atoms with Crippen molar-refractivity contribution in [3.63, 3.8) is 0 Å². The van der Waals surface area contributed by atoms with E-state index in [1.165, 1.54) is 0 Å². The third kappa shape index (κ3) is 5.29. The van der Waals surface area contributed by atoms with Crippen molar-refractivity contribution in [3.05, 3.63) is 114 Å². The summed E-state index contributed by atoms with van der Waals surface area (Å²) >= 11 is 0. The zero-order chi connectivity index (χ0) is 19.1. The Morgan fingerprint density at radius 3 is 2.19 bits per heavy atom. The molecule has 0 spiro atoms. The van der Waals surface area contributed by atoms with Crippen molar-refractivity contribution in [2.75, 3.05) is 0 Å². The monoisotopic (exact) mass is 354 g/mol. The molecule has 0 radical (unpaired) electrons. The Balaban J connectivity index is 1.56. The number of ketones is 1. The fourth-order valence-corrected chi connectivity index (χ4v) is 2.60. The molecule has 27 heavy (non-hydrogen) atoms. The molecule has 0 fully saturated rings. The second kappa shape index (κ2) is 8.81. The second-order valence-corrected chi connectivity index (χ2v) is 6.40. The number of rotatable bonds is 7. The molecule has 0 amide bonds. The highest BCUT2D eigenvalue weighted by Crippen LogP contribution is 2.17. The number of hydrogen-bond acceptors (Lipinski definition) is 2. The summed E-state index contributed by atoms with van der Waals surface area (Å²) in [5.74, 6) is 0.791. The van der Waals surface area contributed by atoms with Crippen LogP contribution in [0.15, 0.2) is 91.5 Å². The van der Waals surface area contributed by atoms with E-state index in [-0.39, 0.29) is 5.78 Å². The molecular weight excluding hydrogens is 332 g/mol. The van der Waals surface area contributed by atoms with Gasteiger partial charge in [-0.25, -0.2) is 0 Å². The largest absolute Gasteiger partial charge is 0.489 e. The molecule has 0 N–H and O–H groups in total. The van der Waals surface area contributed by atoms with Crippen LogP contribution in [0.25, 0.3) is 11.6 Å². The van der Waals surface area contributed by atoms with Gasteiger partial charge in [-0.15, -0.1) is 0 Å². The lowest BCUT2D eigenvalue weighted by atomic mass is 10.1. The minimum atomic E-state index is -0.00543. The molecule has 0 aromatic heterocycles. The lowest BCUT2D eigenvalue weighted by molar-refractivity contribution is 0.104. The molecule has 134 valence electrons. The van der Waals surface area contributed by atoms with Crippen LogP contribution in [-0.4, -0.2) is 5.78 Å². The summed E-state index contributed by atoms with van der Waals surface area (Å²) in [6.07, 6.45) is 3.41. The molecular formula is C25H22O2. The quantitative estimate of drug-likeness (QED) is 0.373. The topological polar surface area (TPSA) is 26.3 Å². The van der Waals surface area contributed by atoms with E-state index in [0.717, 1.165) is 28.0 Å². The highest BCUT2D eigenvalue weighted by molar-refractivity contribution is 6.06. The Bertz CT molecular complexity index is 934. The van der Waals surface area contributed by atoms with Crippen LogP contribution >= 0.6 is 0 Å². The van der Waals surface area contributed by atoms with E-state index in [0.29, 0.717) is 12.2 Å². The maximum Gasteiger partial charge on any atom is 0.185 e. The van der Waals surface area contributed by atoms with Gasteiger partial charge in [-0.2, -0.15) is 0 Å². The van der Waals surface area contributed by atoms with Crippen LogP contribution in [-0.2, 0) is 6.61 Å². The van der Waals surface area contributed by atoms with E-state index >= 15 is 0 Å². The maximum absolute atomic E-state index is 12.1. The fourth-order valence-electron chi connectivity index (χ4n) is 2.60. The molecule has 0 aliphatic carbocycles. The highest BCUT2D eigenvalue weighted by Gasteiger charge is 2.00. The Kier molecular flexibility index (Phi) is 6.01. The van der Waals surface area contributed by atoms with Crippen molar-refractivity contribution < 1.29 is 9.53 Å². The molecule has 2 nitrogen and oxygen atoms in total. The number of ether oxygens (including phenoxy) is 1. The van der Waals surface area contributed by atoms with E-state index in [2.05, 4.69) is 30.8 Å². The Hall–Kier alpha value is -3.39. The van der Waals surface area contributed by atoms with Crippen molar-refractivity contribution in [1.82, 2.24) is 0 Å². The van der Waals surface area contributed by atoms with Crippen molar-refractivity contribution in [2.45, 2.75) is 13.5 Å². The Morgan fingerprint density at radius 1 is 0.889 bits per heavy atom. The van der Waals surface area contributed by atoms with Gasteiger partial charge in [0.25, 0.3) is 0 Å². The predicted molar refractivity (Wildman–Crippen MR) is 112 cm³/mol. The van der Waals surface area contributed by atoms with Crippen molar-refractivity contribution >= 4 is 17.4 Å². The molecule has 3 rings (SSSR count). The molecule has 3 aromatic rings. The lowest BCUT2D eigenvalue weighted by Crippen LogP contribution is -1.95. The summed E-state index contributed by atoms with van der Waals surface area (Å²) < 4.78 is 5.83. The molecule has 0 saturated carbocycles. The summed E-state index contributed by atoms with van der Waals surface area (Å²) in [5.41, 5.74) is 4.94. The second-order valence-electron chi connectivity index (χ2n) is 6.40. The average Bonchev–Trinajstić information content (AvgIpc) is 2.72. The molecule has 0 bridgehead atoms. The number of hydrogen-bond donors (Lipinski definition) is 0. The fraction of sp³-hybridized carbons (Fsp3) is 0.0800. The summed E-state index contributed by atoms with van der Waals surface area (Å²) in [7, 11) is 0. The minimum Gasteiger partial charge on any atom is -0.489 e. The Morgan fingerprint density at radius 2 is 1.56 bits per heavy atom. The zero-order valence-corrected chi connectivity index (χ0v) is 15.4. The summed E-state index contributed by atoms with van der Waals surface area (Å²) in [6.45, 7) is 6.45. The number of carbonyl (C=O) groups is 1. The van der Waals surface area contributed by atoms with Gasteiger partial charge in [0, 0.05) is 5.56 Å². The third-order valence-electron chi connectivity index (χ3n) is 4.22. The average molecular weight is 354 g/mol. The van der Waals surface area contributed by atoms with Crippen LogP contribution in [0.3, 0.4) is 0 Å². The van der Waals surface area contributed by atoms with Gasteiger partial charge >= 0.3 is 0 Å². The Labute approximate surface area is 160 Å². The smallest absolute Gasteiger partial charge is 0.185 e. The van der Waals surface area contributed by atoms with Gasteiger partial charge in [0.1, 0.15) is 12.4 Å². The zero-order valence-electron chi connectivity index (χ0n) is 15.4. The molecule has 2 heteroatoms. The van der Waals surface area contributed by atoms with Crippen LogP contribution in [0, 0.1) is 0 Å². The van der Waals surface area contributed by atoms with Gasteiger partial charge in [0.05, 0.1) is 0 Å². The standard InChI is InChI=1S/C25H22O2/c1-19(2)22-13-8-21(9-14-22)18-27-24-15-10-20(11-16-24)12-17-25(26)23-6-4-3-5-7-23/h3-17H,1,18H2,2H3. The van der Waals surface area contributed by atoms with E-state index in [1.807, 2.05) is 67.6 Å².